The SMILES string of the molecule is CCc1nsnc1C(=O)O. The second-order valence-electron chi connectivity index (χ2n) is 1.72. The lowest BCUT2D eigenvalue weighted by molar-refractivity contribution is 0.0690. The van der Waals surface area contributed by atoms with Gasteiger partial charge in [-0.3, -0.25) is 0 Å². The van der Waals surface area contributed by atoms with Crippen LogP contribution in [0.25, 0.3) is 0 Å². The predicted octanol–water partition coefficient (Wildman–Crippen LogP) is 0.799. The Labute approximate surface area is 61.8 Å². The highest BCUT2D eigenvalue weighted by atomic mass is 32.1. The van der Waals surface area contributed by atoms with Crippen molar-refractivity contribution in [1.82, 2.24) is 8.75 Å². The van der Waals surface area contributed by atoms with Gasteiger partial charge < -0.3 is 5.11 Å². The van der Waals surface area contributed by atoms with Crippen LogP contribution in [0.15, 0.2) is 0 Å². The molecule has 54 valence electrons. The zero-order chi connectivity index (χ0) is 7.56. The molecular formula is C5H6N2O2S. The van der Waals surface area contributed by atoms with Gasteiger partial charge in [-0.15, -0.1) is 0 Å². The molecule has 0 aliphatic carbocycles. The third-order valence-electron chi connectivity index (χ3n) is 1.09. The van der Waals surface area contributed by atoms with E-state index in [0.29, 0.717) is 12.1 Å². The van der Waals surface area contributed by atoms with Crippen LogP contribution in [0.1, 0.15) is 23.1 Å². The highest BCUT2D eigenvalue weighted by molar-refractivity contribution is 6.99. The van der Waals surface area contributed by atoms with Crippen LogP contribution in [0.3, 0.4) is 0 Å². The Morgan fingerprint density at radius 3 is 2.80 bits per heavy atom. The van der Waals surface area contributed by atoms with Crippen molar-refractivity contribution in [3.63, 3.8) is 0 Å². The zero-order valence-electron chi connectivity index (χ0n) is 5.37. The number of hydrogen-bond donors (Lipinski definition) is 1. The number of carbonyl (C=O) groups is 1. The van der Waals surface area contributed by atoms with E-state index in [1.165, 1.54) is 0 Å². The average molecular weight is 158 g/mol. The summed E-state index contributed by atoms with van der Waals surface area (Å²) in [4.78, 5) is 10.3. The maximum Gasteiger partial charge on any atom is 0.357 e. The number of carboxylic acid groups (broad SMARTS) is 1. The van der Waals surface area contributed by atoms with Crippen molar-refractivity contribution in [2.24, 2.45) is 0 Å². The number of carboxylic acids is 1. The predicted molar refractivity (Wildman–Crippen MR) is 36.2 cm³/mol. The van der Waals surface area contributed by atoms with Crippen molar-refractivity contribution in [1.29, 1.82) is 0 Å². The lowest BCUT2D eigenvalue weighted by atomic mass is 10.3. The van der Waals surface area contributed by atoms with Gasteiger partial charge in [0.25, 0.3) is 0 Å². The standard InChI is InChI=1S/C5H6N2O2S/c1-2-3-4(5(8)9)7-10-6-3/h2H2,1H3,(H,8,9). The van der Waals surface area contributed by atoms with Crippen molar-refractivity contribution >= 4 is 17.7 Å². The first-order chi connectivity index (χ1) is 4.75. The van der Waals surface area contributed by atoms with Crippen LogP contribution in [0, 0.1) is 0 Å². The van der Waals surface area contributed by atoms with Crippen LogP contribution in [-0.2, 0) is 6.42 Å². The Bertz CT molecular complexity index is 246. The summed E-state index contributed by atoms with van der Waals surface area (Å²) in [6.45, 7) is 1.85. The number of aryl methyl sites for hydroxylation is 1. The normalized spacial score (nSPS) is 9.70. The lowest BCUT2D eigenvalue weighted by Crippen LogP contribution is -2.00. The summed E-state index contributed by atoms with van der Waals surface area (Å²) in [5.41, 5.74) is 0.657. The fraction of sp³-hybridized carbons (Fsp3) is 0.400. The summed E-state index contributed by atoms with van der Waals surface area (Å²) in [6.07, 6.45) is 0.623. The van der Waals surface area contributed by atoms with Gasteiger partial charge in [-0.25, -0.2) is 4.79 Å². The van der Waals surface area contributed by atoms with E-state index in [4.69, 9.17) is 5.11 Å². The molecule has 0 unspecified atom stereocenters. The average Bonchev–Trinajstić information content (AvgIpc) is 2.33. The summed E-state index contributed by atoms with van der Waals surface area (Å²) in [6, 6.07) is 0. The van der Waals surface area contributed by atoms with Gasteiger partial charge in [0.1, 0.15) is 0 Å². The van der Waals surface area contributed by atoms with E-state index in [0.717, 1.165) is 11.7 Å². The number of aromatic nitrogens is 2. The molecule has 0 aliphatic heterocycles. The van der Waals surface area contributed by atoms with Gasteiger partial charge in [0.2, 0.25) is 0 Å². The largest absolute Gasteiger partial charge is 0.476 e. The van der Waals surface area contributed by atoms with Gasteiger partial charge in [-0.05, 0) is 6.42 Å². The van der Waals surface area contributed by atoms with Crippen molar-refractivity contribution in [3.05, 3.63) is 11.4 Å². The molecule has 1 aromatic heterocycles. The molecule has 0 radical (unpaired) electrons. The van der Waals surface area contributed by atoms with E-state index in [-0.39, 0.29) is 5.69 Å². The molecule has 0 saturated heterocycles. The van der Waals surface area contributed by atoms with Crippen LogP contribution in [0.5, 0.6) is 0 Å². The number of hydrogen-bond acceptors (Lipinski definition) is 4. The molecule has 5 heteroatoms. The molecule has 1 aromatic rings. The molecule has 0 aromatic carbocycles. The summed E-state index contributed by atoms with van der Waals surface area (Å²) in [5.74, 6) is -0.995. The highest BCUT2D eigenvalue weighted by Gasteiger charge is 2.12. The number of rotatable bonds is 2. The minimum atomic E-state index is -0.995. The van der Waals surface area contributed by atoms with E-state index in [2.05, 4.69) is 8.75 Å². The van der Waals surface area contributed by atoms with Gasteiger partial charge in [-0.1, -0.05) is 6.92 Å². The van der Waals surface area contributed by atoms with Crippen LogP contribution in [0.2, 0.25) is 0 Å². The highest BCUT2D eigenvalue weighted by Crippen LogP contribution is 2.05. The van der Waals surface area contributed by atoms with Crippen LogP contribution < -0.4 is 0 Å². The molecule has 0 saturated carbocycles. The van der Waals surface area contributed by atoms with Gasteiger partial charge >= 0.3 is 5.97 Å². The van der Waals surface area contributed by atoms with Crippen molar-refractivity contribution in [2.45, 2.75) is 13.3 Å². The lowest BCUT2D eigenvalue weighted by Gasteiger charge is -1.87. The van der Waals surface area contributed by atoms with Gasteiger partial charge in [0, 0.05) is 0 Å². The van der Waals surface area contributed by atoms with Gasteiger partial charge in [0.15, 0.2) is 5.69 Å². The molecule has 0 bridgehead atoms. The first kappa shape index (κ1) is 7.14. The molecule has 0 atom stereocenters. The maximum absolute atomic E-state index is 10.3. The van der Waals surface area contributed by atoms with Crippen LogP contribution in [-0.4, -0.2) is 19.8 Å². The van der Waals surface area contributed by atoms with E-state index >= 15 is 0 Å². The minimum Gasteiger partial charge on any atom is -0.476 e. The van der Waals surface area contributed by atoms with E-state index in [9.17, 15) is 4.79 Å². The van der Waals surface area contributed by atoms with E-state index in [1.54, 1.807) is 0 Å². The Kier molecular flexibility index (Phi) is 1.96. The summed E-state index contributed by atoms with van der Waals surface area (Å²) in [5, 5.41) is 8.49. The molecule has 0 spiro atoms. The van der Waals surface area contributed by atoms with Crippen LogP contribution in [0.4, 0.5) is 0 Å². The third-order valence-corrected chi connectivity index (χ3v) is 1.66. The quantitative estimate of drug-likeness (QED) is 0.691. The van der Waals surface area contributed by atoms with Crippen molar-refractivity contribution in [2.75, 3.05) is 0 Å². The monoisotopic (exact) mass is 158 g/mol. The molecule has 0 fully saturated rings. The summed E-state index contributed by atoms with van der Waals surface area (Å²) >= 11 is 0.938. The second-order valence-corrected chi connectivity index (χ2v) is 2.25. The van der Waals surface area contributed by atoms with Crippen molar-refractivity contribution < 1.29 is 9.90 Å². The molecule has 0 aliphatic rings. The maximum atomic E-state index is 10.3. The van der Waals surface area contributed by atoms with E-state index < -0.39 is 5.97 Å². The number of nitrogens with zero attached hydrogens (tertiary/aromatic N) is 2. The molecular weight excluding hydrogens is 152 g/mol. The Morgan fingerprint density at radius 1 is 1.70 bits per heavy atom. The Morgan fingerprint density at radius 2 is 2.40 bits per heavy atom. The second kappa shape index (κ2) is 2.74. The molecule has 10 heavy (non-hydrogen) atoms. The topological polar surface area (TPSA) is 63.1 Å². The summed E-state index contributed by atoms with van der Waals surface area (Å²) < 4.78 is 7.42. The molecule has 0 amide bonds. The third kappa shape index (κ3) is 1.13. The first-order valence-electron chi connectivity index (χ1n) is 2.80. The van der Waals surface area contributed by atoms with Gasteiger partial charge in [-0.2, -0.15) is 8.75 Å². The molecule has 1 rings (SSSR count). The number of aromatic carboxylic acids is 1. The fourth-order valence-electron chi connectivity index (χ4n) is 0.601. The minimum absolute atomic E-state index is 0.0903. The molecule has 4 nitrogen and oxygen atoms in total. The molecule has 1 heterocycles. The smallest absolute Gasteiger partial charge is 0.357 e. The van der Waals surface area contributed by atoms with E-state index in [1.807, 2.05) is 6.92 Å². The van der Waals surface area contributed by atoms with Crippen LogP contribution >= 0.6 is 11.7 Å². The fourth-order valence-corrected chi connectivity index (χ4v) is 1.22. The van der Waals surface area contributed by atoms with Crippen molar-refractivity contribution in [3.8, 4) is 0 Å². The Hall–Kier alpha value is -0.970. The summed E-state index contributed by atoms with van der Waals surface area (Å²) in [7, 11) is 0. The molecule has 1 N–H and O–H groups in total. The van der Waals surface area contributed by atoms with Gasteiger partial charge in [0.05, 0.1) is 17.4 Å². The first-order valence-corrected chi connectivity index (χ1v) is 3.53. The zero-order valence-corrected chi connectivity index (χ0v) is 6.18. The Balaban J connectivity index is 3.01.